The highest BCUT2D eigenvalue weighted by Gasteiger charge is 2.03. The Bertz CT molecular complexity index is 316. The minimum Gasteiger partial charge on any atom is -0.372 e. The Kier molecular flexibility index (Phi) is 6.81. The SMILES string of the molecule is CCN(CCCCNC(C)C)c1ccc(C)cc1. The van der Waals surface area contributed by atoms with E-state index in [9.17, 15) is 0 Å². The lowest BCUT2D eigenvalue weighted by molar-refractivity contribution is 0.555. The number of rotatable bonds is 8. The summed E-state index contributed by atoms with van der Waals surface area (Å²) in [6.45, 7) is 12.1. The van der Waals surface area contributed by atoms with Gasteiger partial charge in [-0.15, -0.1) is 0 Å². The van der Waals surface area contributed by atoms with Gasteiger partial charge < -0.3 is 10.2 Å². The zero-order valence-electron chi connectivity index (χ0n) is 12.4. The first-order chi connectivity index (χ1) is 8.63. The number of nitrogens with one attached hydrogen (secondary N) is 1. The molecule has 1 aromatic carbocycles. The van der Waals surface area contributed by atoms with Gasteiger partial charge in [-0.1, -0.05) is 31.5 Å². The van der Waals surface area contributed by atoms with Gasteiger partial charge in [0, 0.05) is 24.8 Å². The predicted octanol–water partition coefficient (Wildman–Crippen LogP) is 3.60. The maximum Gasteiger partial charge on any atom is 0.0366 e. The molecular weight excluding hydrogens is 220 g/mol. The van der Waals surface area contributed by atoms with Gasteiger partial charge in [0.25, 0.3) is 0 Å². The third-order valence-electron chi connectivity index (χ3n) is 3.19. The zero-order valence-corrected chi connectivity index (χ0v) is 12.4. The molecule has 102 valence electrons. The maximum atomic E-state index is 3.47. The molecule has 2 nitrogen and oxygen atoms in total. The molecular formula is C16H28N2. The fourth-order valence-electron chi connectivity index (χ4n) is 2.04. The van der Waals surface area contributed by atoms with Gasteiger partial charge in [0.05, 0.1) is 0 Å². The van der Waals surface area contributed by atoms with Gasteiger partial charge in [-0.3, -0.25) is 0 Å². The van der Waals surface area contributed by atoms with E-state index in [2.05, 4.69) is 62.2 Å². The number of hydrogen-bond donors (Lipinski definition) is 1. The molecule has 0 spiro atoms. The number of unbranched alkanes of at least 4 members (excludes halogenated alkanes) is 1. The van der Waals surface area contributed by atoms with Crippen molar-refractivity contribution in [3.63, 3.8) is 0 Å². The van der Waals surface area contributed by atoms with Crippen LogP contribution < -0.4 is 10.2 Å². The van der Waals surface area contributed by atoms with Crippen LogP contribution in [0.3, 0.4) is 0 Å². The molecule has 2 heteroatoms. The second kappa shape index (κ2) is 8.15. The summed E-state index contributed by atoms with van der Waals surface area (Å²) in [7, 11) is 0. The van der Waals surface area contributed by atoms with Crippen LogP contribution in [0.15, 0.2) is 24.3 Å². The van der Waals surface area contributed by atoms with E-state index < -0.39 is 0 Å². The van der Waals surface area contributed by atoms with E-state index in [0.717, 1.165) is 19.6 Å². The highest BCUT2D eigenvalue weighted by Crippen LogP contribution is 2.15. The molecule has 0 radical (unpaired) electrons. The fraction of sp³-hybridized carbons (Fsp3) is 0.625. The standard InChI is InChI=1S/C16H28N2/c1-5-18(13-7-6-12-17-14(2)3)16-10-8-15(4)9-11-16/h8-11,14,17H,5-7,12-13H2,1-4H3. The van der Waals surface area contributed by atoms with Crippen molar-refractivity contribution in [2.75, 3.05) is 24.5 Å². The summed E-state index contributed by atoms with van der Waals surface area (Å²) in [6, 6.07) is 9.44. The molecule has 0 amide bonds. The van der Waals surface area contributed by atoms with Crippen LogP contribution in [-0.4, -0.2) is 25.7 Å². The lowest BCUT2D eigenvalue weighted by Gasteiger charge is -2.23. The molecule has 0 aliphatic carbocycles. The maximum absolute atomic E-state index is 3.47. The summed E-state index contributed by atoms with van der Waals surface area (Å²) >= 11 is 0. The number of anilines is 1. The average Bonchev–Trinajstić information content (AvgIpc) is 2.35. The predicted molar refractivity (Wildman–Crippen MR) is 81.4 cm³/mol. The molecule has 0 saturated carbocycles. The summed E-state index contributed by atoms with van der Waals surface area (Å²) in [5.74, 6) is 0. The molecule has 1 rings (SSSR count). The summed E-state index contributed by atoms with van der Waals surface area (Å²) in [5.41, 5.74) is 2.68. The van der Waals surface area contributed by atoms with Crippen molar-refractivity contribution in [2.45, 2.75) is 46.6 Å². The topological polar surface area (TPSA) is 15.3 Å². The second-order valence-electron chi connectivity index (χ2n) is 5.23. The monoisotopic (exact) mass is 248 g/mol. The van der Waals surface area contributed by atoms with Gasteiger partial charge in [0.1, 0.15) is 0 Å². The first-order valence-corrected chi connectivity index (χ1v) is 7.18. The Balaban J connectivity index is 2.31. The quantitative estimate of drug-likeness (QED) is 0.707. The fourth-order valence-corrected chi connectivity index (χ4v) is 2.04. The van der Waals surface area contributed by atoms with E-state index in [1.54, 1.807) is 0 Å². The summed E-state index contributed by atoms with van der Waals surface area (Å²) in [5, 5.41) is 3.47. The van der Waals surface area contributed by atoms with Crippen LogP contribution in [0.4, 0.5) is 5.69 Å². The lowest BCUT2D eigenvalue weighted by Crippen LogP contribution is -2.27. The minimum absolute atomic E-state index is 0.601. The van der Waals surface area contributed by atoms with Crippen LogP contribution >= 0.6 is 0 Å². The van der Waals surface area contributed by atoms with Crippen molar-refractivity contribution < 1.29 is 0 Å². The van der Waals surface area contributed by atoms with E-state index >= 15 is 0 Å². The van der Waals surface area contributed by atoms with Crippen molar-refractivity contribution in [1.29, 1.82) is 0 Å². The number of benzene rings is 1. The van der Waals surface area contributed by atoms with Crippen LogP contribution in [-0.2, 0) is 0 Å². The molecule has 0 saturated heterocycles. The Morgan fingerprint density at radius 2 is 1.78 bits per heavy atom. The first-order valence-electron chi connectivity index (χ1n) is 7.18. The van der Waals surface area contributed by atoms with Gasteiger partial charge in [-0.05, 0) is 45.4 Å². The molecule has 0 aliphatic heterocycles. The first kappa shape index (κ1) is 15.0. The normalized spacial score (nSPS) is 10.9. The average molecular weight is 248 g/mol. The summed E-state index contributed by atoms with van der Waals surface area (Å²) < 4.78 is 0. The van der Waals surface area contributed by atoms with Crippen molar-refractivity contribution in [1.82, 2.24) is 5.32 Å². The van der Waals surface area contributed by atoms with Gasteiger partial charge in [0.15, 0.2) is 0 Å². The van der Waals surface area contributed by atoms with Gasteiger partial charge in [-0.25, -0.2) is 0 Å². The van der Waals surface area contributed by atoms with Crippen LogP contribution in [0.25, 0.3) is 0 Å². The highest BCUT2D eigenvalue weighted by atomic mass is 15.1. The van der Waals surface area contributed by atoms with Gasteiger partial charge in [-0.2, -0.15) is 0 Å². The number of nitrogens with zero attached hydrogens (tertiary/aromatic N) is 1. The second-order valence-corrected chi connectivity index (χ2v) is 5.23. The molecule has 0 fully saturated rings. The Hall–Kier alpha value is -1.02. The Labute approximate surface area is 112 Å². The smallest absolute Gasteiger partial charge is 0.0366 e. The molecule has 0 heterocycles. The molecule has 0 aromatic heterocycles. The molecule has 1 aromatic rings. The third-order valence-corrected chi connectivity index (χ3v) is 3.19. The van der Waals surface area contributed by atoms with Crippen molar-refractivity contribution in [3.05, 3.63) is 29.8 Å². The van der Waals surface area contributed by atoms with E-state index in [0.29, 0.717) is 6.04 Å². The third kappa shape index (κ3) is 5.54. The highest BCUT2D eigenvalue weighted by molar-refractivity contribution is 5.47. The van der Waals surface area contributed by atoms with E-state index in [-0.39, 0.29) is 0 Å². The molecule has 0 atom stereocenters. The van der Waals surface area contributed by atoms with Crippen LogP contribution in [0.5, 0.6) is 0 Å². The minimum atomic E-state index is 0.601. The largest absolute Gasteiger partial charge is 0.372 e. The van der Waals surface area contributed by atoms with E-state index in [1.807, 2.05) is 0 Å². The van der Waals surface area contributed by atoms with Crippen molar-refractivity contribution in [3.8, 4) is 0 Å². The Morgan fingerprint density at radius 1 is 1.11 bits per heavy atom. The van der Waals surface area contributed by atoms with Crippen LogP contribution in [0, 0.1) is 6.92 Å². The van der Waals surface area contributed by atoms with E-state index in [1.165, 1.54) is 24.1 Å². The van der Waals surface area contributed by atoms with Crippen molar-refractivity contribution in [2.24, 2.45) is 0 Å². The summed E-state index contributed by atoms with van der Waals surface area (Å²) in [6.07, 6.45) is 2.50. The molecule has 0 aliphatic rings. The Morgan fingerprint density at radius 3 is 2.33 bits per heavy atom. The lowest BCUT2D eigenvalue weighted by atomic mass is 10.2. The summed E-state index contributed by atoms with van der Waals surface area (Å²) in [4.78, 5) is 2.45. The molecule has 1 N–H and O–H groups in total. The number of aryl methyl sites for hydroxylation is 1. The van der Waals surface area contributed by atoms with Gasteiger partial charge in [0.2, 0.25) is 0 Å². The molecule has 0 bridgehead atoms. The van der Waals surface area contributed by atoms with Crippen LogP contribution in [0.2, 0.25) is 0 Å². The van der Waals surface area contributed by atoms with Crippen molar-refractivity contribution >= 4 is 5.69 Å². The van der Waals surface area contributed by atoms with Crippen LogP contribution in [0.1, 0.15) is 39.2 Å². The molecule has 18 heavy (non-hydrogen) atoms. The zero-order chi connectivity index (χ0) is 13.4. The van der Waals surface area contributed by atoms with E-state index in [4.69, 9.17) is 0 Å². The van der Waals surface area contributed by atoms with Gasteiger partial charge >= 0.3 is 0 Å². The number of hydrogen-bond acceptors (Lipinski definition) is 2. The molecule has 0 unspecified atom stereocenters.